The van der Waals surface area contributed by atoms with Crippen LogP contribution >= 0.6 is 0 Å². The highest BCUT2D eigenvalue weighted by Crippen LogP contribution is 2.24. The van der Waals surface area contributed by atoms with Gasteiger partial charge in [0.25, 0.3) is 5.91 Å². The second-order valence-corrected chi connectivity index (χ2v) is 6.31. The van der Waals surface area contributed by atoms with Gasteiger partial charge in [0.1, 0.15) is 17.3 Å². The largest absolute Gasteiger partial charge is 0.492 e. The topological polar surface area (TPSA) is 67.3 Å². The molecule has 3 rings (SSSR count). The first-order chi connectivity index (χ1) is 12.2. The maximum absolute atomic E-state index is 12.4. The van der Waals surface area contributed by atoms with E-state index in [0.717, 1.165) is 37.7 Å². The monoisotopic (exact) mass is 340 g/mol. The number of ether oxygens (including phenoxy) is 1. The van der Waals surface area contributed by atoms with Crippen molar-refractivity contribution in [2.75, 3.05) is 29.9 Å². The minimum Gasteiger partial charge on any atom is -0.492 e. The Kier molecular flexibility index (Phi) is 5.48. The summed E-state index contributed by atoms with van der Waals surface area (Å²) >= 11 is 0. The second kappa shape index (κ2) is 7.96. The number of carbonyl (C=O) groups is 1. The van der Waals surface area contributed by atoms with E-state index in [1.54, 1.807) is 12.3 Å². The van der Waals surface area contributed by atoms with Crippen LogP contribution < -0.4 is 15.0 Å². The van der Waals surface area contributed by atoms with Crippen LogP contribution in [0, 0.1) is 5.92 Å². The van der Waals surface area contributed by atoms with Crippen molar-refractivity contribution in [3.8, 4) is 5.75 Å². The number of hydrogen-bond acceptors (Lipinski definition) is 5. The molecule has 0 spiro atoms. The van der Waals surface area contributed by atoms with Gasteiger partial charge in [-0.2, -0.15) is 0 Å². The SMILES string of the molecule is CCOc1ccccc1NC(=O)c1cnc(N2CCC(C)CC2)cn1. The van der Waals surface area contributed by atoms with E-state index in [1.807, 2.05) is 25.1 Å². The molecular formula is C19H24N4O2. The smallest absolute Gasteiger partial charge is 0.275 e. The van der Waals surface area contributed by atoms with E-state index in [4.69, 9.17) is 4.74 Å². The molecule has 2 heterocycles. The number of para-hydroxylation sites is 2. The number of anilines is 2. The van der Waals surface area contributed by atoms with Crippen LogP contribution in [0.3, 0.4) is 0 Å². The van der Waals surface area contributed by atoms with E-state index in [0.29, 0.717) is 23.7 Å². The Balaban J connectivity index is 1.67. The molecule has 1 aliphatic rings. The van der Waals surface area contributed by atoms with Crippen LogP contribution in [0.1, 0.15) is 37.2 Å². The molecule has 1 aromatic carbocycles. The van der Waals surface area contributed by atoms with Crippen molar-refractivity contribution in [3.63, 3.8) is 0 Å². The van der Waals surface area contributed by atoms with Crippen molar-refractivity contribution in [1.29, 1.82) is 0 Å². The highest BCUT2D eigenvalue weighted by atomic mass is 16.5. The van der Waals surface area contributed by atoms with Crippen molar-refractivity contribution in [3.05, 3.63) is 42.4 Å². The molecule has 1 N–H and O–H groups in total. The molecular weight excluding hydrogens is 316 g/mol. The number of piperidine rings is 1. The number of carbonyl (C=O) groups excluding carboxylic acids is 1. The van der Waals surface area contributed by atoms with Gasteiger partial charge in [0.15, 0.2) is 0 Å². The van der Waals surface area contributed by atoms with Gasteiger partial charge in [-0.15, -0.1) is 0 Å². The Labute approximate surface area is 148 Å². The summed E-state index contributed by atoms with van der Waals surface area (Å²) in [6.07, 6.45) is 5.54. The fraction of sp³-hybridized carbons (Fsp3) is 0.421. The summed E-state index contributed by atoms with van der Waals surface area (Å²) in [4.78, 5) is 23.3. The number of amides is 1. The van der Waals surface area contributed by atoms with Gasteiger partial charge in [0.2, 0.25) is 0 Å². The summed E-state index contributed by atoms with van der Waals surface area (Å²) < 4.78 is 5.52. The van der Waals surface area contributed by atoms with Crippen molar-refractivity contribution in [1.82, 2.24) is 9.97 Å². The van der Waals surface area contributed by atoms with E-state index in [1.165, 1.54) is 6.20 Å². The molecule has 0 atom stereocenters. The number of aromatic nitrogens is 2. The van der Waals surface area contributed by atoms with Crippen LogP contribution in [0.2, 0.25) is 0 Å². The summed E-state index contributed by atoms with van der Waals surface area (Å²) in [7, 11) is 0. The lowest BCUT2D eigenvalue weighted by Gasteiger charge is -2.30. The van der Waals surface area contributed by atoms with E-state index in [2.05, 4.69) is 27.1 Å². The van der Waals surface area contributed by atoms with Crippen LogP contribution in [0.4, 0.5) is 11.5 Å². The van der Waals surface area contributed by atoms with Crippen LogP contribution in [-0.2, 0) is 0 Å². The maximum atomic E-state index is 12.4. The minimum absolute atomic E-state index is 0.292. The highest BCUT2D eigenvalue weighted by molar-refractivity contribution is 6.03. The first-order valence-corrected chi connectivity index (χ1v) is 8.77. The van der Waals surface area contributed by atoms with Crippen LogP contribution in [-0.4, -0.2) is 35.6 Å². The van der Waals surface area contributed by atoms with Gasteiger partial charge in [-0.25, -0.2) is 9.97 Å². The van der Waals surface area contributed by atoms with Crippen molar-refractivity contribution in [2.45, 2.75) is 26.7 Å². The summed E-state index contributed by atoms with van der Waals surface area (Å²) in [5.74, 6) is 1.95. The average molecular weight is 340 g/mol. The standard InChI is InChI=1S/C19H24N4O2/c1-3-25-17-7-5-4-6-15(17)22-19(24)16-12-21-18(13-20-16)23-10-8-14(2)9-11-23/h4-7,12-14H,3,8-11H2,1-2H3,(H,22,24). The zero-order valence-corrected chi connectivity index (χ0v) is 14.7. The van der Waals surface area contributed by atoms with Gasteiger partial charge in [-0.3, -0.25) is 4.79 Å². The van der Waals surface area contributed by atoms with Gasteiger partial charge >= 0.3 is 0 Å². The second-order valence-electron chi connectivity index (χ2n) is 6.31. The molecule has 6 nitrogen and oxygen atoms in total. The van der Waals surface area contributed by atoms with Crippen LogP contribution in [0.25, 0.3) is 0 Å². The molecule has 0 radical (unpaired) electrons. The molecule has 1 fully saturated rings. The van der Waals surface area contributed by atoms with Gasteiger partial charge in [-0.05, 0) is 37.8 Å². The minimum atomic E-state index is -0.293. The highest BCUT2D eigenvalue weighted by Gasteiger charge is 2.18. The first kappa shape index (κ1) is 17.2. The van der Waals surface area contributed by atoms with Gasteiger partial charge in [0.05, 0.1) is 24.7 Å². The Hall–Kier alpha value is -2.63. The number of rotatable bonds is 5. The van der Waals surface area contributed by atoms with Gasteiger partial charge < -0.3 is 15.0 Å². The number of benzene rings is 1. The quantitative estimate of drug-likeness (QED) is 0.904. The molecule has 1 aliphatic heterocycles. The third-order valence-corrected chi connectivity index (χ3v) is 4.41. The Morgan fingerprint density at radius 3 is 2.68 bits per heavy atom. The number of hydrogen-bond donors (Lipinski definition) is 1. The summed E-state index contributed by atoms with van der Waals surface area (Å²) in [6, 6.07) is 7.35. The molecule has 6 heteroatoms. The predicted octanol–water partition coefficient (Wildman–Crippen LogP) is 3.36. The van der Waals surface area contributed by atoms with E-state index in [-0.39, 0.29) is 5.91 Å². The third kappa shape index (κ3) is 4.26. The fourth-order valence-electron chi connectivity index (χ4n) is 2.88. The van der Waals surface area contributed by atoms with E-state index in [9.17, 15) is 4.79 Å². The lowest BCUT2D eigenvalue weighted by molar-refractivity contribution is 0.102. The fourth-order valence-corrected chi connectivity index (χ4v) is 2.88. The van der Waals surface area contributed by atoms with Crippen molar-refractivity contribution < 1.29 is 9.53 Å². The third-order valence-electron chi connectivity index (χ3n) is 4.41. The molecule has 1 amide bonds. The Morgan fingerprint density at radius 2 is 2.00 bits per heavy atom. The maximum Gasteiger partial charge on any atom is 0.275 e. The zero-order valence-electron chi connectivity index (χ0n) is 14.7. The molecule has 25 heavy (non-hydrogen) atoms. The molecule has 0 saturated carbocycles. The molecule has 0 aliphatic carbocycles. The predicted molar refractivity (Wildman–Crippen MR) is 98.2 cm³/mol. The summed E-state index contributed by atoms with van der Waals surface area (Å²) in [5, 5.41) is 2.84. The van der Waals surface area contributed by atoms with Gasteiger partial charge in [-0.1, -0.05) is 19.1 Å². The van der Waals surface area contributed by atoms with Crippen molar-refractivity contribution in [2.24, 2.45) is 5.92 Å². The average Bonchev–Trinajstić information content (AvgIpc) is 2.64. The van der Waals surface area contributed by atoms with Crippen LogP contribution in [0.5, 0.6) is 5.75 Å². The van der Waals surface area contributed by atoms with E-state index >= 15 is 0 Å². The summed E-state index contributed by atoms with van der Waals surface area (Å²) in [5.41, 5.74) is 0.922. The van der Waals surface area contributed by atoms with Crippen molar-refractivity contribution >= 4 is 17.4 Å². The normalized spacial score (nSPS) is 15.0. The lowest BCUT2D eigenvalue weighted by Crippen LogP contribution is -2.33. The van der Waals surface area contributed by atoms with Gasteiger partial charge in [0, 0.05) is 13.1 Å². The van der Waals surface area contributed by atoms with Crippen LogP contribution in [0.15, 0.2) is 36.7 Å². The number of nitrogens with one attached hydrogen (secondary N) is 1. The summed E-state index contributed by atoms with van der Waals surface area (Å²) in [6.45, 7) is 6.70. The molecule has 0 unspecified atom stereocenters. The Bertz CT molecular complexity index is 710. The molecule has 1 saturated heterocycles. The molecule has 2 aromatic rings. The molecule has 0 bridgehead atoms. The number of nitrogens with zero attached hydrogens (tertiary/aromatic N) is 3. The first-order valence-electron chi connectivity index (χ1n) is 8.77. The zero-order chi connectivity index (χ0) is 17.6. The Morgan fingerprint density at radius 1 is 1.24 bits per heavy atom. The van der Waals surface area contributed by atoms with E-state index < -0.39 is 0 Å². The molecule has 1 aromatic heterocycles. The molecule has 132 valence electrons. The lowest BCUT2D eigenvalue weighted by atomic mass is 9.99.